The molecule has 0 saturated carbocycles. The first kappa shape index (κ1) is 12.0. The second-order valence-electron chi connectivity index (χ2n) is 3.84. The number of rotatable bonds is 3. The molecule has 0 spiro atoms. The highest BCUT2D eigenvalue weighted by Crippen LogP contribution is 2.35. The Labute approximate surface area is 99.0 Å². The summed E-state index contributed by atoms with van der Waals surface area (Å²) < 4.78 is 0. The topological polar surface area (TPSA) is 12.9 Å². The SMILES string of the molecule is CC(C)C(c1ccncc1Cl)C(C)Br. The maximum atomic E-state index is 6.12. The Bertz CT molecular complexity index is 291. The van der Waals surface area contributed by atoms with Gasteiger partial charge in [0.2, 0.25) is 0 Å². The summed E-state index contributed by atoms with van der Waals surface area (Å²) in [6, 6.07) is 2.00. The maximum Gasteiger partial charge on any atom is 0.0624 e. The first-order valence-electron chi connectivity index (χ1n) is 4.77. The van der Waals surface area contributed by atoms with Crippen molar-refractivity contribution in [1.82, 2.24) is 4.98 Å². The van der Waals surface area contributed by atoms with Gasteiger partial charge in [0.25, 0.3) is 0 Å². The average molecular weight is 277 g/mol. The fourth-order valence-electron chi connectivity index (χ4n) is 1.79. The Balaban J connectivity index is 3.05. The lowest BCUT2D eigenvalue weighted by Crippen LogP contribution is -2.15. The van der Waals surface area contributed by atoms with Crippen molar-refractivity contribution in [3.05, 3.63) is 29.0 Å². The fourth-order valence-corrected chi connectivity index (χ4v) is 2.93. The minimum absolute atomic E-state index is 0.419. The highest BCUT2D eigenvalue weighted by molar-refractivity contribution is 9.09. The van der Waals surface area contributed by atoms with Crippen molar-refractivity contribution in [2.45, 2.75) is 31.5 Å². The van der Waals surface area contributed by atoms with E-state index in [0.29, 0.717) is 16.7 Å². The molecule has 0 saturated heterocycles. The van der Waals surface area contributed by atoms with Crippen molar-refractivity contribution in [2.24, 2.45) is 5.92 Å². The second kappa shape index (κ2) is 5.13. The molecule has 0 amide bonds. The average Bonchev–Trinajstić information content (AvgIpc) is 2.07. The molecule has 14 heavy (non-hydrogen) atoms. The van der Waals surface area contributed by atoms with Crippen LogP contribution in [-0.4, -0.2) is 9.81 Å². The summed E-state index contributed by atoms with van der Waals surface area (Å²) in [4.78, 5) is 4.42. The quantitative estimate of drug-likeness (QED) is 0.752. The minimum Gasteiger partial charge on any atom is -0.263 e. The summed E-state index contributed by atoms with van der Waals surface area (Å²) in [5, 5.41) is 0.762. The molecule has 0 fully saturated rings. The van der Waals surface area contributed by atoms with Crippen molar-refractivity contribution >= 4 is 27.5 Å². The summed E-state index contributed by atoms with van der Waals surface area (Å²) >= 11 is 9.76. The van der Waals surface area contributed by atoms with E-state index in [0.717, 1.165) is 5.02 Å². The van der Waals surface area contributed by atoms with Crippen molar-refractivity contribution < 1.29 is 0 Å². The zero-order chi connectivity index (χ0) is 10.7. The molecule has 0 N–H and O–H groups in total. The smallest absolute Gasteiger partial charge is 0.0624 e. The minimum atomic E-state index is 0.419. The summed E-state index contributed by atoms with van der Waals surface area (Å²) in [5.74, 6) is 0.995. The van der Waals surface area contributed by atoms with Crippen LogP contribution in [0.25, 0.3) is 0 Å². The number of nitrogens with zero attached hydrogens (tertiary/aromatic N) is 1. The highest BCUT2D eigenvalue weighted by Gasteiger charge is 2.22. The molecular formula is C11H15BrClN. The van der Waals surface area contributed by atoms with Crippen molar-refractivity contribution in [2.75, 3.05) is 0 Å². The second-order valence-corrected chi connectivity index (χ2v) is 5.70. The van der Waals surface area contributed by atoms with E-state index in [4.69, 9.17) is 11.6 Å². The van der Waals surface area contributed by atoms with Crippen LogP contribution in [0.1, 0.15) is 32.3 Å². The number of aromatic nitrogens is 1. The zero-order valence-electron chi connectivity index (χ0n) is 8.67. The van der Waals surface area contributed by atoms with Gasteiger partial charge in [-0.25, -0.2) is 0 Å². The van der Waals surface area contributed by atoms with Crippen molar-refractivity contribution in [3.8, 4) is 0 Å². The van der Waals surface area contributed by atoms with Crippen LogP contribution in [0, 0.1) is 5.92 Å². The first-order valence-corrected chi connectivity index (χ1v) is 6.07. The monoisotopic (exact) mass is 275 g/mol. The third-order valence-electron chi connectivity index (χ3n) is 2.38. The molecule has 1 aromatic heterocycles. The lowest BCUT2D eigenvalue weighted by molar-refractivity contribution is 0.498. The molecule has 0 radical (unpaired) electrons. The number of hydrogen-bond donors (Lipinski definition) is 0. The Morgan fingerprint density at radius 3 is 2.43 bits per heavy atom. The normalized spacial score (nSPS) is 15.6. The summed E-state index contributed by atoms with van der Waals surface area (Å²) in [6.07, 6.45) is 3.51. The van der Waals surface area contributed by atoms with Gasteiger partial charge in [-0.1, -0.05) is 48.3 Å². The summed E-state index contributed by atoms with van der Waals surface area (Å²) in [6.45, 7) is 6.57. The van der Waals surface area contributed by atoms with Crippen LogP contribution in [0.2, 0.25) is 5.02 Å². The molecule has 2 atom stereocenters. The van der Waals surface area contributed by atoms with E-state index in [1.165, 1.54) is 5.56 Å². The van der Waals surface area contributed by atoms with Gasteiger partial charge in [0.1, 0.15) is 0 Å². The van der Waals surface area contributed by atoms with Crippen LogP contribution in [0.4, 0.5) is 0 Å². The number of hydrogen-bond acceptors (Lipinski definition) is 1. The Hall–Kier alpha value is -0.0800. The van der Waals surface area contributed by atoms with Crippen molar-refractivity contribution in [3.63, 3.8) is 0 Å². The first-order chi connectivity index (χ1) is 6.54. The van der Waals surface area contributed by atoms with E-state index >= 15 is 0 Å². The van der Waals surface area contributed by atoms with E-state index in [9.17, 15) is 0 Å². The van der Waals surface area contributed by atoms with Crippen LogP contribution < -0.4 is 0 Å². The largest absolute Gasteiger partial charge is 0.263 e. The Morgan fingerprint density at radius 2 is 2.00 bits per heavy atom. The molecule has 78 valence electrons. The fraction of sp³-hybridized carbons (Fsp3) is 0.545. The van der Waals surface area contributed by atoms with Gasteiger partial charge in [-0.3, -0.25) is 4.98 Å². The van der Waals surface area contributed by atoms with Crippen LogP contribution in [0.15, 0.2) is 18.5 Å². The Kier molecular flexibility index (Phi) is 4.39. The van der Waals surface area contributed by atoms with Gasteiger partial charge >= 0.3 is 0 Å². The predicted octanol–water partition coefficient (Wildman–Crippen LogP) is 4.26. The van der Waals surface area contributed by atoms with Gasteiger partial charge in [-0.15, -0.1) is 0 Å². The zero-order valence-corrected chi connectivity index (χ0v) is 11.0. The van der Waals surface area contributed by atoms with Crippen LogP contribution in [0.5, 0.6) is 0 Å². The molecule has 0 aliphatic heterocycles. The van der Waals surface area contributed by atoms with E-state index in [1.54, 1.807) is 12.4 Å². The molecule has 1 heterocycles. The molecule has 0 aliphatic carbocycles. The Morgan fingerprint density at radius 1 is 1.36 bits per heavy atom. The molecule has 0 aliphatic rings. The third-order valence-corrected chi connectivity index (χ3v) is 3.26. The maximum absolute atomic E-state index is 6.12. The summed E-state index contributed by atoms with van der Waals surface area (Å²) in [5.41, 5.74) is 1.18. The number of alkyl halides is 1. The molecule has 1 nitrogen and oxygen atoms in total. The van der Waals surface area contributed by atoms with Gasteiger partial charge in [0.05, 0.1) is 5.02 Å². The van der Waals surface area contributed by atoms with Crippen LogP contribution in [-0.2, 0) is 0 Å². The standard InChI is InChI=1S/C11H15BrClN/c1-7(2)11(8(3)12)9-4-5-14-6-10(9)13/h4-8,11H,1-3H3. The van der Waals surface area contributed by atoms with E-state index < -0.39 is 0 Å². The van der Waals surface area contributed by atoms with E-state index in [-0.39, 0.29) is 0 Å². The molecule has 1 aromatic rings. The van der Waals surface area contributed by atoms with Gasteiger partial charge in [0, 0.05) is 17.2 Å². The highest BCUT2D eigenvalue weighted by atomic mass is 79.9. The van der Waals surface area contributed by atoms with Gasteiger partial charge in [-0.2, -0.15) is 0 Å². The van der Waals surface area contributed by atoms with Gasteiger partial charge < -0.3 is 0 Å². The molecule has 3 heteroatoms. The third kappa shape index (κ3) is 2.71. The van der Waals surface area contributed by atoms with E-state index in [1.807, 2.05) is 6.07 Å². The van der Waals surface area contributed by atoms with Crippen molar-refractivity contribution in [1.29, 1.82) is 0 Å². The molecular weight excluding hydrogens is 261 g/mol. The van der Waals surface area contributed by atoms with Crippen LogP contribution >= 0.6 is 27.5 Å². The molecule has 0 aromatic carbocycles. The van der Waals surface area contributed by atoms with Gasteiger partial charge in [-0.05, 0) is 23.5 Å². The van der Waals surface area contributed by atoms with Crippen LogP contribution in [0.3, 0.4) is 0 Å². The number of halogens is 2. The lowest BCUT2D eigenvalue weighted by Gasteiger charge is -2.24. The summed E-state index contributed by atoms with van der Waals surface area (Å²) in [7, 11) is 0. The molecule has 2 unspecified atom stereocenters. The lowest BCUT2D eigenvalue weighted by atomic mass is 9.87. The number of pyridine rings is 1. The molecule has 0 bridgehead atoms. The molecule has 1 rings (SSSR count). The van der Waals surface area contributed by atoms with E-state index in [2.05, 4.69) is 41.7 Å². The predicted molar refractivity (Wildman–Crippen MR) is 65.2 cm³/mol. The van der Waals surface area contributed by atoms with Gasteiger partial charge in [0.15, 0.2) is 0 Å².